The molecular formula is C22H21N3O. The Hall–Kier alpha value is -3.01. The summed E-state index contributed by atoms with van der Waals surface area (Å²) < 4.78 is 0. The average Bonchev–Trinajstić information content (AvgIpc) is 3.16. The van der Waals surface area contributed by atoms with Crippen LogP contribution in [0.2, 0.25) is 0 Å². The first-order valence-corrected chi connectivity index (χ1v) is 9.05. The lowest BCUT2D eigenvalue weighted by Gasteiger charge is -2.25. The van der Waals surface area contributed by atoms with Crippen LogP contribution in [-0.2, 0) is 0 Å². The van der Waals surface area contributed by atoms with E-state index in [4.69, 9.17) is 4.98 Å². The number of amides is 1. The van der Waals surface area contributed by atoms with Gasteiger partial charge in [-0.2, -0.15) is 0 Å². The molecule has 2 aromatic heterocycles. The van der Waals surface area contributed by atoms with E-state index in [9.17, 15) is 4.79 Å². The summed E-state index contributed by atoms with van der Waals surface area (Å²) in [5.74, 6) is 0.0716. The summed E-state index contributed by atoms with van der Waals surface area (Å²) in [6.45, 7) is 2.82. The van der Waals surface area contributed by atoms with Crippen LogP contribution >= 0.6 is 0 Å². The van der Waals surface area contributed by atoms with Gasteiger partial charge in [0.1, 0.15) is 0 Å². The second kappa shape index (κ2) is 7.08. The van der Waals surface area contributed by atoms with Gasteiger partial charge in [0.25, 0.3) is 5.91 Å². The maximum Gasteiger partial charge on any atom is 0.255 e. The Morgan fingerprint density at radius 3 is 2.81 bits per heavy atom. The van der Waals surface area contributed by atoms with Gasteiger partial charge in [0.05, 0.1) is 22.8 Å². The van der Waals surface area contributed by atoms with Gasteiger partial charge in [0, 0.05) is 29.9 Å². The second-order valence-electron chi connectivity index (χ2n) is 6.55. The molecule has 0 radical (unpaired) electrons. The van der Waals surface area contributed by atoms with Gasteiger partial charge in [-0.25, -0.2) is 4.98 Å². The van der Waals surface area contributed by atoms with E-state index in [2.05, 4.69) is 24.1 Å². The lowest BCUT2D eigenvalue weighted by molar-refractivity contribution is 0.0746. The van der Waals surface area contributed by atoms with Gasteiger partial charge in [-0.3, -0.25) is 9.78 Å². The van der Waals surface area contributed by atoms with Gasteiger partial charge in [-0.1, -0.05) is 43.7 Å². The van der Waals surface area contributed by atoms with Crippen molar-refractivity contribution in [3.8, 4) is 11.3 Å². The van der Waals surface area contributed by atoms with E-state index < -0.39 is 0 Å². The first kappa shape index (κ1) is 16.5. The number of nitrogens with zero attached hydrogens (tertiary/aromatic N) is 3. The van der Waals surface area contributed by atoms with E-state index in [1.54, 1.807) is 12.4 Å². The number of hydrogen-bond donors (Lipinski definition) is 0. The number of para-hydroxylation sites is 1. The van der Waals surface area contributed by atoms with Crippen LogP contribution in [0.25, 0.3) is 22.2 Å². The molecule has 4 heteroatoms. The summed E-state index contributed by atoms with van der Waals surface area (Å²) in [6, 6.07) is 13.8. The largest absolute Gasteiger partial charge is 0.328 e. The van der Waals surface area contributed by atoms with Crippen molar-refractivity contribution >= 4 is 16.8 Å². The minimum absolute atomic E-state index is 0.0716. The van der Waals surface area contributed by atoms with Crippen LogP contribution < -0.4 is 0 Å². The summed E-state index contributed by atoms with van der Waals surface area (Å²) >= 11 is 0. The Morgan fingerprint density at radius 1 is 1.19 bits per heavy atom. The van der Waals surface area contributed by atoms with Gasteiger partial charge < -0.3 is 4.90 Å². The molecule has 0 fully saturated rings. The third kappa shape index (κ3) is 2.99. The van der Waals surface area contributed by atoms with E-state index in [0.29, 0.717) is 12.1 Å². The smallest absolute Gasteiger partial charge is 0.255 e. The average molecular weight is 343 g/mol. The van der Waals surface area contributed by atoms with Crippen molar-refractivity contribution in [2.75, 3.05) is 6.54 Å². The zero-order valence-corrected chi connectivity index (χ0v) is 14.8. The van der Waals surface area contributed by atoms with Gasteiger partial charge in [-0.05, 0) is 30.7 Å². The number of rotatable bonds is 4. The molecule has 0 bridgehead atoms. The fraction of sp³-hybridized carbons (Fsp3) is 0.227. The normalized spacial score (nSPS) is 16.3. The number of aromatic nitrogens is 2. The van der Waals surface area contributed by atoms with Crippen molar-refractivity contribution in [2.45, 2.75) is 25.8 Å². The van der Waals surface area contributed by atoms with Crippen molar-refractivity contribution in [1.29, 1.82) is 0 Å². The lowest BCUT2D eigenvalue weighted by atomic mass is 10.0. The zero-order chi connectivity index (χ0) is 17.9. The second-order valence-corrected chi connectivity index (χ2v) is 6.55. The molecule has 1 amide bonds. The van der Waals surface area contributed by atoms with Crippen LogP contribution in [0.1, 0.15) is 30.1 Å². The van der Waals surface area contributed by atoms with Crippen molar-refractivity contribution in [3.63, 3.8) is 0 Å². The Balaban J connectivity index is 1.82. The predicted octanol–water partition coefficient (Wildman–Crippen LogP) is 4.48. The Bertz CT molecular complexity index is 966. The maximum absolute atomic E-state index is 13.4. The lowest BCUT2D eigenvalue weighted by Crippen LogP contribution is -2.36. The molecule has 1 aromatic carbocycles. The molecule has 130 valence electrons. The Morgan fingerprint density at radius 2 is 2.00 bits per heavy atom. The van der Waals surface area contributed by atoms with Crippen LogP contribution in [-0.4, -0.2) is 33.4 Å². The first-order valence-electron chi connectivity index (χ1n) is 9.05. The highest BCUT2D eigenvalue weighted by Gasteiger charge is 2.26. The van der Waals surface area contributed by atoms with Crippen LogP contribution in [0.4, 0.5) is 0 Å². The third-order valence-corrected chi connectivity index (χ3v) is 4.83. The van der Waals surface area contributed by atoms with Gasteiger partial charge >= 0.3 is 0 Å². The van der Waals surface area contributed by atoms with Crippen LogP contribution in [0.15, 0.2) is 67.0 Å². The SMILES string of the molecule is CCC[C@H]1C=CCN1C(=O)c1cc(-c2ccncc2)nc2ccccc12. The summed E-state index contributed by atoms with van der Waals surface area (Å²) in [7, 11) is 0. The fourth-order valence-corrected chi connectivity index (χ4v) is 3.53. The topological polar surface area (TPSA) is 46.1 Å². The van der Waals surface area contributed by atoms with Crippen LogP contribution in [0.3, 0.4) is 0 Å². The highest BCUT2D eigenvalue weighted by molar-refractivity contribution is 6.07. The van der Waals surface area contributed by atoms with Crippen molar-refractivity contribution in [1.82, 2.24) is 14.9 Å². The maximum atomic E-state index is 13.4. The van der Waals surface area contributed by atoms with Crippen molar-refractivity contribution < 1.29 is 4.79 Å². The number of pyridine rings is 2. The van der Waals surface area contributed by atoms with Crippen molar-refractivity contribution in [3.05, 3.63) is 72.6 Å². The number of carbonyl (C=O) groups is 1. The molecule has 0 aliphatic carbocycles. The molecule has 4 nitrogen and oxygen atoms in total. The van der Waals surface area contributed by atoms with E-state index in [1.165, 1.54) is 0 Å². The summed E-state index contributed by atoms with van der Waals surface area (Å²) in [5.41, 5.74) is 3.31. The monoisotopic (exact) mass is 343 g/mol. The highest BCUT2D eigenvalue weighted by Crippen LogP contribution is 2.27. The molecule has 0 N–H and O–H groups in total. The molecule has 0 unspecified atom stereocenters. The number of benzene rings is 1. The molecule has 3 heterocycles. The van der Waals surface area contributed by atoms with Gasteiger partial charge in [-0.15, -0.1) is 0 Å². The van der Waals surface area contributed by atoms with Crippen LogP contribution in [0, 0.1) is 0 Å². The molecule has 3 aromatic rings. The zero-order valence-electron chi connectivity index (χ0n) is 14.8. The minimum Gasteiger partial charge on any atom is -0.328 e. The summed E-state index contributed by atoms with van der Waals surface area (Å²) in [5, 5.41) is 0.900. The molecule has 1 aliphatic heterocycles. The van der Waals surface area contributed by atoms with Crippen LogP contribution in [0.5, 0.6) is 0 Å². The van der Waals surface area contributed by atoms with E-state index in [0.717, 1.165) is 35.0 Å². The fourth-order valence-electron chi connectivity index (χ4n) is 3.53. The molecule has 4 rings (SSSR count). The number of carbonyl (C=O) groups excluding carboxylic acids is 1. The van der Waals surface area contributed by atoms with Gasteiger partial charge in [0.2, 0.25) is 0 Å². The molecule has 1 atom stereocenters. The molecule has 26 heavy (non-hydrogen) atoms. The highest BCUT2D eigenvalue weighted by atomic mass is 16.2. The Labute approximate surface area is 153 Å². The Kier molecular flexibility index (Phi) is 4.48. The molecule has 0 saturated carbocycles. The molecule has 1 aliphatic rings. The van der Waals surface area contributed by atoms with E-state index >= 15 is 0 Å². The number of fused-ring (bicyclic) bond motifs is 1. The predicted molar refractivity (Wildman–Crippen MR) is 104 cm³/mol. The van der Waals surface area contributed by atoms with E-state index in [1.807, 2.05) is 47.4 Å². The molecular weight excluding hydrogens is 322 g/mol. The molecule has 0 saturated heterocycles. The summed E-state index contributed by atoms with van der Waals surface area (Å²) in [4.78, 5) is 24.2. The third-order valence-electron chi connectivity index (χ3n) is 4.83. The van der Waals surface area contributed by atoms with E-state index in [-0.39, 0.29) is 11.9 Å². The van der Waals surface area contributed by atoms with Gasteiger partial charge in [0.15, 0.2) is 0 Å². The quantitative estimate of drug-likeness (QED) is 0.656. The first-order chi connectivity index (χ1) is 12.8. The summed E-state index contributed by atoms with van der Waals surface area (Å²) in [6.07, 6.45) is 9.77. The molecule has 0 spiro atoms. The standard InChI is InChI=1S/C22H21N3O/c1-2-6-17-7-5-14-25(17)22(26)19-15-21(16-10-12-23-13-11-16)24-20-9-4-3-8-18(19)20/h3-5,7-13,15,17H,2,6,14H2,1H3/t17-/m0/s1. The van der Waals surface area contributed by atoms with Crippen molar-refractivity contribution in [2.24, 2.45) is 0 Å². The number of hydrogen-bond acceptors (Lipinski definition) is 3. The minimum atomic E-state index is 0.0716.